The SMILES string of the molecule is N#Cc1ccc2nc(N3CCC(N)CC3)ccc2c1. The van der Waals surface area contributed by atoms with Crippen LogP contribution in [-0.2, 0) is 0 Å². The molecule has 4 nitrogen and oxygen atoms in total. The number of hydrogen-bond donors (Lipinski definition) is 1. The summed E-state index contributed by atoms with van der Waals surface area (Å²) in [6.07, 6.45) is 2.04. The van der Waals surface area contributed by atoms with Crippen LogP contribution in [0.15, 0.2) is 30.3 Å². The quantitative estimate of drug-likeness (QED) is 0.843. The third-order valence-corrected chi connectivity index (χ3v) is 3.67. The second-order valence-electron chi connectivity index (χ2n) is 5.01. The van der Waals surface area contributed by atoms with Crippen LogP contribution >= 0.6 is 0 Å². The lowest BCUT2D eigenvalue weighted by Gasteiger charge is -2.31. The molecule has 0 amide bonds. The van der Waals surface area contributed by atoms with Crippen LogP contribution in [-0.4, -0.2) is 24.1 Å². The highest BCUT2D eigenvalue weighted by Crippen LogP contribution is 2.21. The number of aromatic nitrogens is 1. The zero-order chi connectivity index (χ0) is 13.2. The molecule has 3 rings (SSSR count). The van der Waals surface area contributed by atoms with E-state index in [1.807, 2.05) is 30.3 Å². The zero-order valence-corrected chi connectivity index (χ0v) is 10.7. The maximum Gasteiger partial charge on any atom is 0.129 e. The number of nitrogens with zero attached hydrogens (tertiary/aromatic N) is 3. The minimum Gasteiger partial charge on any atom is -0.356 e. The van der Waals surface area contributed by atoms with E-state index in [4.69, 9.17) is 11.0 Å². The van der Waals surface area contributed by atoms with Crippen LogP contribution in [0.5, 0.6) is 0 Å². The van der Waals surface area contributed by atoms with Gasteiger partial charge in [0.1, 0.15) is 5.82 Å². The minimum absolute atomic E-state index is 0.329. The summed E-state index contributed by atoms with van der Waals surface area (Å²) in [5.74, 6) is 1.00. The first-order chi connectivity index (χ1) is 9.26. The Hall–Kier alpha value is -2.12. The van der Waals surface area contributed by atoms with E-state index in [0.717, 1.165) is 42.7 Å². The molecule has 2 aromatic rings. The molecule has 0 aliphatic carbocycles. The van der Waals surface area contributed by atoms with Crippen LogP contribution in [0.25, 0.3) is 10.9 Å². The Labute approximate surface area is 112 Å². The van der Waals surface area contributed by atoms with Crippen molar-refractivity contribution in [2.45, 2.75) is 18.9 Å². The molecular formula is C15H16N4. The third-order valence-electron chi connectivity index (χ3n) is 3.67. The zero-order valence-electron chi connectivity index (χ0n) is 10.7. The van der Waals surface area contributed by atoms with E-state index in [1.54, 1.807) is 0 Å². The highest BCUT2D eigenvalue weighted by Gasteiger charge is 2.17. The smallest absolute Gasteiger partial charge is 0.129 e. The third kappa shape index (κ3) is 2.38. The molecule has 1 aromatic carbocycles. The van der Waals surface area contributed by atoms with E-state index in [0.29, 0.717) is 11.6 Å². The fraction of sp³-hybridized carbons (Fsp3) is 0.333. The van der Waals surface area contributed by atoms with Crippen molar-refractivity contribution < 1.29 is 0 Å². The Kier molecular flexibility index (Phi) is 3.06. The molecule has 1 saturated heterocycles. The molecule has 2 heterocycles. The molecule has 2 N–H and O–H groups in total. The molecule has 1 fully saturated rings. The van der Waals surface area contributed by atoms with E-state index in [-0.39, 0.29) is 0 Å². The van der Waals surface area contributed by atoms with Crippen molar-refractivity contribution in [3.05, 3.63) is 35.9 Å². The van der Waals surface area contributed by atoms with Gasteiger partial charge in [-0.1, -0.05) is 0 Å². The average Bonchev–Trinajstić information content (AvgIpc) is 2.47. The van der Waals surface area contributed by atoms with Gasteiger partial charge < -0.3 is 10.6 Å². The lowest BCUT2D eigenvalue weighted by Crippen LogP contribution is -2.40. The summed E-state index contributed by atoms with van der Waals surface area (Å²) in [5, 5.41) is 9.90. The number of anilines is 1. The Morgan fingerprint density at radius 2 is 2.00 bits per heavy atom. The van der Waals surface area contributed by atoms with Gasteiger partial charge in [-0.3, -0.25) is 0 Å². The second-order valence-corrected chi connectivity index (χ2v) is 5.01. The highest BCUT2D eigenvalue weighted by atomic mass is 15.2. The summed E-state index contributed by atoms with van der Waals surface area (Å²) in [6, 6.07) is 12.1. The Bertz CT molecular complexity index is 636. The van der Waals surface area contributed by atoms with Crippen molar-refractivity contribution >= 4 is 16.7 Å². The van der Waals surface area contributed by atoms with Crippen molar-refractivity contribution in [2.24, 2.45) is 5.73 Å². The summed E-state index contributed by atoms with van der Waals surface area (Å²) in [7, 11) is 0. The maximum absolute atomic E-state index is 8.89. The molecule has 0 spiro atoms. The molecular weight excluding hydrogens is 236 g/mol. The van der Waals surface area contributed by atoms with Crippen molar-refractivity contribution in [3.8, 4) is 6.07 Å². The summed E-state index contributed by atoms with van der Waals surface area (Å²) in [6.45, 7) is 1.94. The van der Waals surface area contributed by atoms with Gasteiger partial charge in [0.25, 0.3) is 0 Å². The number of piperidine rings is 1. The normalized spacial score (nSPS) is 16.5. The van der Waals surface area contributed by atoms with Crippen LogP contribution in [0.3, 0.4) is 0 Å². The van der Waals surface area contributed by atoms with Gasteiger partial charge in [-0.15, -0.1) is 0 Å². The van der Waals surface area contributed by atoms with Crippen LogP contribution < -0.4 is 10.6 Å². The summed E-state index contributed by atoms with van der Waals surface area (Å²) >= 11 is 0. The van der Waals surface area contributed by atoms with Gasteiger partial charge in [0.2, 0.25) is 0 Å². The monoisotopic (exact) mass is 252 g/mol. The summed E-state index contributed by atoms with van der Waals surface area (Å²) in [5.41, 5.74) is 7.53. The first kappa shape index (κ1) is 11.9. The van der Waals surface area contributed by atoms with Crippen molar-refractivity contribution in [1.82, 2.24) is 4.98 Å². The molecule has 1 aromatic heterocycles. The van der Waals surface area contributed by atoms with E-state index < -0.39 is 0 Å². The fourth-order valence-corrected chi connectivity index (χ4v) is 2.49. The number of nitrogens with two attached hydrogens (primary N) is 1. The van der Waals surface area contributed by atoms with Crippen molar-refractivity contribution in [1.29, 1.82) is 5.26 Å². The number of nitriles is 1. The molecule has 4 heteroatoms. The molecule has 0 atom stereocenters. The topological polar surface area (TPSA) is 65.9 Å². The lowest BCUT2D eigenvalue weighted by atomic mass is 10.1. The Balaban J connectivity index is 1.92. The molecule has 1 aliphatic rings. The maximum atomic E-state index is 8.89. The fourth-order valence-electron chi connectivity index (χ4n) is 2.49. The van der Waals surface area contributed by atoms with Gasteiger partial charge >= 0.3 is 0 Å². The predicted molar refractivity (Wildman–Crippen MR) is 75.9 cm³/mol. The first-order valence-electron chi connectivity index (χ1n) is 6.58. The Morgan fingerprint density at radius 1 is 1.21 bits per heavy atom. The highest BCUT2D eigenvalue weighted by molar-refractivity contribution is 5.81. The van der Waals surface area contributed by atoms with E-state index in [9.17, 15) is 0 Å². The second kappa shape index (κ2) is 4.87. The number of benzene rings is 1. The standard InChI is InChI=1S/C15H16N4/c16-10-11-1-3-14-12(9-11)2-4-15(18-14)19-7-5-13(17)6-8-19/h1-4,9,13H,5-8,17H2. The number of hydrogen-bond acceptors (Lipinski definition) is 4. The average molecular weight is 252 g/mol. The van der Waals surface area contributed by atoms with Gasteiger partial charge in [0, 0.05) is 24.5 Å². The van der Waals surface area contributed by atoms with Gasteiger partial charge in [-0.25, -0.2) is 4.98 Å². The van der Waals surface area contributed by atoms with Crippen LogP contribution in [0.2, 0.25) is 0 Å². The first-order valence-corrected chi connectivity index (χ1v) is 6.58. The number of rotatable bonds is 1. The summed E-state index contributed by atoms with van der Waals surface area (Å²) < 4.78 is 0. The molecule has 0 bridgehead atoms. The van der Waals surface area contributed by atoms with Crippen LogP contribution in [0.1, 0.15) is 18.4 Å². The lowest BCUT2D eigenvalue weighted by molar-refractivity contribution is 0.499. The van der Waals surface area contributed by atoms with Gasteiger partial charge in [0.15, 0.2) is 0 Å². The van der Waals surface area contributed by atoms with E-state index in [2.05, 4.69) is 16.0 Å². The van der Waals surface area contributed by atoms with Gasteiger partial charge in [0.05, 0.1) is 17.1 Å². The predicted octanol–water partition coefficient (Wildman–Crippen LogP) is 2.03. The van der Waals surface area contributed by atoms with E-state index >= 15 is 0 Å². The largest absolute Gasteiger partial charge is 0.356 e. The van der Waals surface area contributed by atoms with Crippen molar-refractivity contribution in [2.75, 3.05) is 18.0 Å². The molecule has 1 aliphatic heterocycles. The van der Waals surface area contributed by atoms with E-state index in [1.165, 1.54) is 0 Å². The van der Waals surface area contributed by atoms with Gasteiger partial charge in [-0.2, -0.15) is 5.26 Å². The number of fused-ring (bicyclic) bond motifs is 1. The number of pyridine rings is 1. The van der Waals surface area contributed by atoms with Crippen molar-refractivity contribution in [3.63, 3.8) is 0 Å². The summed E-state index contributed by atoms with van der Waals surface area (Å²) in [4.78, 5) is 6.95. The molecule has 0 unspecified atom stereocenters. The Morgan fingerprint density at radius 3 is 2.74 bits per heavy atom. The van der Waals surface area contributed by atoms with Crippen LogP contribution in [0, 0.1) is 11.3 Å². The van der Waals surface area contributed by atoms with Crippen LogP contribution in [0.4, 0.5) is 5.82 Å². The van der Waals surface area contributed by atoms with Gasteiger partial charge in [-0.05, 0) is 43.2 Å². The molecule has 19 heavy (non-hydrogen) atoms. The molecule has 96 valence electrons. The molecule has 0 radical (unpaired) electrons. The minimum atomic E-state index is 0.329. The molecule has 0 saturated carbocycles.